The normalized spacial score (nSPS) is 15.9. The van der Waals surface area contributed by atoms with Gasteiger partial charge in [0.2, 0.25) is 5.43 Å². The van der Waals surface area contributed by atoms with Gasteiger partial charge in [0.1, 0.15) is 0 Å². The molecule has 0 unspecified atom stereocenters. The number of rotatable bonds is 4. The molecule has 0 spiro atoms. The molecule has 3 rings (SSSR count). The summed E-state index contributed by atoms with van der Waals surface area (Å²) in [6.45, 7) is 2.44. The molecule has 138 valence electrons. The van der Waals surface area contributed by atoms with Gasteiger partial charge >= 0.3 is 0 Å². The van der Waals surface area contributed by atoms with Gasteiger partial charge in [0.05, 0.1) is 5.69 Å². The number of nitrogens with zero attached hydrogens (tertiary/aromatic N) is 2. The number of aromatic nitrogens is 2. The van der Waals surface area contributed by atoms with Crippen LogP contribution in [0, 0.1) is 12.8 Å². The predicted octanol–water partition coefficient (Wildman–Crippen LogP) is 3.63. The zero-order chi connectivity index (χ0) is 18.4. The molecule has 1 aromatic carbocycles. The molecule has 1 N–H and O–H groups in total. The Kier molecular flexibility index (Phi) is 6.21. The number of hydrogen-bond acceptors (Lipinski definition) is 3. The topological polar surface area (TPSA) is 64.0 Å². The summed E-state index contributed by atoms with van der Waals surface area (Å²) in [5.41, 5.74) is 1.17. The van der Waals surface area contributed by atoms with Crippen LogP contribution in [0.15, 0.2) is 41.2 Å². The van der Waals surface area contributed by atoms with Gasteiger partial charge < -0.3 is 5.32 Å². The van der Waals surface area contributed by atoms with Gasteiger partial charge in [-0.1, -0.05) is 50.3 Å². The van der Waals surface area contributed by atoms with Gasteiger partial charge in [0, 0.05) is 18.3 Å². The average molecular weight is 353 g/mol. The van der Waals surface area contributed by atoms with Crippen molar-refractivity contribution in [3.05, 3.63) is 58.0 Å². The maximum atomic E-state index is 12.6. The molecule has 0 radical (unpaired) electrons. The first-order valence-corrected chi connectivity index (χ1v) is 9.60. The van der Waals surface area contributed by atoms with Crippen LogP contribution in [0.3, 0.4) is 0 Å². The second-order valence-corrected chi connectivity index (χ2v) is 7.17. The van der Waals surface area contributed by atoms with Crippen molar-refractivity contribution in [2.45, 2.75) is 51.9 Å². The monoisotopic (exact) mass is 353 g/mol. The lowest BCUT2D eigenvalue weighted by atomic mass is 9.91. The van der Waals surface area contributed by atoms with Crippen LogP contribution in [0.4, 0.5) is 0 Å². The Labute approximate surface area is 154 Å². The van der Waals surface area contributed by atoms with E-state index in [1.54, 1.807) is 4.68 Å². The summed E-state index contributed by atoms with van der Waals surface area (Å²) in [5, 5.41) is 7.27. The van der Waals surface area contributed by atoms with Gasteiger partial charge in [-0.15, -0.1) is 0 Å². The van der Waals surface area contributed by atoms with Crippen molar-refractivity contribution in [1.82, 2.24) is 15.1 Å². The molecule has 1 saturated carbocycles. The summed E-state index contributed by atoms with van der Waals surface area (Å²) < 4.78 is 1.64. The van der Waals surface area contributed by atoms with Crippen LogP contribution < -0.4 is 10.7 Å². The molecule has 26 heavy (non-hydrogen) atoms. The Hall–Kier alpha value is -2.43. The molecule has 5 heteroatoms. The number of nitrogens with one attached hydrogen (secondary N) is 1. The summed E-state index contributed by atoms with van der Waals surface area (Å²) in [6, 6.07) is 11.0. The zero-order valence-electron chi connectivity index (χ0n) is 15.4. The van der Waals surface area contributed by atoms with Crippen LogP contribution in [0.1, 0.15) is 61.1 Å². The van der Waals surface area contributed by atoms with Gasteiger partial charge in [0.15, 0.2) is 5.69 Å². The Morgan fingerprint density at radius 3 is 2.46 bits per heavy atom. The number of para-hydroxylation sites is 1. The fraction of sp³-hybridized carbons (Fsp3) is 0.476. The molecule has 0 bridgehead atoms. The number of carbonyl (C=O) groups is 1. The van der Waals surface area contributed by atoms with Crippen LogP contribution in [-0.4, -0.2) is 22.2 Å². The van der Waals surface area contributed by atoms with Gasteiger partial charge in [-0.3, -0.25) is 9.59 Å². The number of aryl methyl sites for hydroxylation is 1. The largest absolute Gasteiger partial charge is 0.350 e. The molecule has 1 amide bonds. The maximum Gasteiger partial charge on any atom is 0.275 e. The van der Waals surface area contributed by atoms with E-state index in [0.29, 0.717) is 18.2 Å². The number of amides is 1. The Balaban J connectivity index is 1.73. The number of carbonyl (C=O) groups excluding carboxylic acids is 1. The lowest BCUT2D eigenvalue weighted by molar-refractivity contribution is 0.0936. The molecule has 0 aliphatic heterocycles. The minimum Gasteiger partial charge on any atom is -0.350 e. The van der Waals surface area contributed by atoms with E-state index in [2.05, 4.69) is 10.4 Å². The Morgan fingerprint density at radius 1 is 1.12 bits per heavy atom. The summed E-state index contributed by atoms with van der Waals surface area (Å²) in [5.74, 6) is 0.128. The van der Waals surface area contributed by atoms with Crippen LogP contribution in [0.25, 0.3) is 5.69 Å². The first-order chi connectivity index (χ1) is 12.6. The smallest absolute Gasteiger partial charge is 0.275 e. The van der Waals surface area contributed by atoms with E-state index in [0.717, 1.165) is 18.5 Å². The Bertz CT molecular complexity index is 791. The van der Waals surface area contributed by atoms with E-state index in [-0.39, 0.29) is 17.0 Å². The number of hydrogen-bond donors (Lipinski definition) is 1. The van der Waals surface area contributed by atoms with Crippen LogP contribution >= 0.6 is 0 Å². The SMILES string of the molecule is Cc1cc(=O)c(C(=O)NCC2CCCCCCC2)nn1-c1ccccc1. The van der Waals surface area contributed by atoms with E-state index < -0.39 is 0 Å². The van der Waals surface area contributed by atoms with Gasteiger partial charge in [-0.25, -0.2) is 4.68 Å². The van der Waals surface area contributed by atoms with Crippen molar-refractivity contribution in [2.75, 3.05) is 6.54 Å². The van der Waals surface area contributed by atoms with Crippen molar-refractivity contribution in [3.63, 3.8) is 0 Å². The molecule has 5 nitrogen and oxygen atoms in total. The fourth-order valence-corrected chi connectivity index (χ4v) is 3.60. The highest BCUT2D eigenvalue weighted by molar-refractivity contribution is 5.92. The van der Waals surface area contributed by atoms with Crippen LogP contribution in [0.2, 0.25) is 0 Å². The van der Waals surface area contributed by atoms with Crippen molar-refractivity contribution < 1.29 is 4.79 Å². The quantitative estimate of drug-likeness (QED) is 0.913. The molecule has 0 atom stereocenters. The summed E-state index contributed by atoms with van der Waals surface area (Å²) >= 11 is 0. The fourth-order valence-electron chi connectivity index (χ4n) is 3.60. The number of benzene rings is 1. The van der Waals surface area contributed by atoms with Crippen molar-refractivity contribution in [3.8, 4) is 5.69 Å². The minimum absolute atomic E-state index is 0.0368. The molecule has 2 aromatic rings. The summed E-state index contributed by atoms with van der Waals surface area (Å²) in [4.78, 5) is 24.8. The first kappa shape index (κ1) is 18.4. The molecular weight excluding hydrogens is 326 g/mol. The van der Waals surface area contributed by atoms with Gasteiger partial charge in [0.25, 0.3) is 5.91 Å². The van der Waals surface area contributed by atoms with E-state index in [1.807, 2.05) is 37.3 Å². The summed E-state index contributed by atoms with van der Waals surface area (Å²) in [6.07, 6.45) is 8.64. The van der Waals surface area contributed by atoms with Gasteiger partial charge in [-0.2, -0.15) is 5.10 Å². The van der Waals surface area contributed by atoms with Crippen LogP contribution in [-0.2, 0) is 0 Å². The molecular formula is C21H27N3O2. The van der Waals surface area contributed by atoms with E-state index in [4.69, 9.17) is 0 Å². The maximum absolute atomic E-state index is 12.6. The van der Waals surface area contributed by atoms with Crippen LogP contribution in [0.5, 0.6) is 0 Å². The second kappa shape index (κ2) is 8.79. The molecule has 0 saturated heterocycles. The zero-order valence-corrected chi connectivity index (χ0v) is 15.4. The van der Waals surface area contributed by atoms with Crippen molar-refractivity contribution in [2.24, 2.45) is 5.92 Å². The van der Waals surface area contributed by atoms with Crippen molar-refractivity contribution >= 4 is 5.91 Å². The predicted molar refractivity (Wildman–Crippen MR) is 103 cm³/mol. The first-order valence-electron chi connectivity index (χ1n) is 9.60. The van der Waals surface area contributed by atoms with Crippen molar-refractivity contribution in [1.29, 1.82) is 0 Å². The Morgan fingerprint density at radius 2 is 1.77 bits per heavy atom. The third-order valence-electron chi connectivity index (χ3n) is 5.10. The molecule has 1 heterocycles. The molecule has 1 aliphatic carbocycles. The molecule has 1 aliphatic rings. The molecule has 1 fully saturated rings. The lowest BCUT2D eigenvalue weighted by Gasteiger charge is -2.20. The highest BCUT2D eigenvalue weighted by Gasteiger charge is 2.17. The third-order valence-corrected chi connectivity index (χ3v) is 5.10. The highest BCUT2D eigenvalue weighted by atomic mass is 16.2. The summed E-state index contributed by atoms with van der Waals surface area (Å²) in [7, 11) is 0. The minimum atomic E-state index is -0.373. The molecule has 1 aromatic heterocycles. The lowest BCUT2D eigenvalue weighted by Crippen LogP contribution is -2.35. The van der Waals surface area contributed by atoms with E-state index in [1.165, 1.54) is 38.2 Å². The van der Waals surface area contributed by atoms with E-state index >= 15 is 0 Å². The second-order valence-electron chi connectivity index (χ2n) is 7.17. The standard InChI is InChI=1S/C21H27N3O2/c1-16-14-19(25)20(23-24(16)18-12-8-5-9-13-18)21(26)22-15-17-10-6-3-2-4-7-11-17/h5,8-9,12-14,17H,2-4,6-7,10-11,15H2,1H3,(H,22,26). The van der Waals surface area contributed by atoms with Gasteiger partial charge in [-0.05, 0) is 37.8 Å². The average Bonchev–Trinajstić information content (AvgIpc) is 2.61. The van der Waals surface area contributed by atoms with E-state index in [9.17, 15) is 9.59 Å². The highest BCUT2D eigenvalue weighted by Crippen LogP contribution is 2.21. The third kappa shape index (κ3) is 4.59.